The van der Waals surface area contributed by atoms with Crippen LogP contribution in [0.2, 0.25) is 5.02 Å². The Morgan fingerprint density at radius 2 is 1.72 bits per heavy atom. The van der Waals surface area contributed by atoms with E-state index in [2.05, 4.69) is 5.32 Å². The molecule has 0 saturated heterocycles. The Balaban J connectivity index is 1.91. The summed E-state index contributed by atoms with van der Waals surface area (Å²) in [5, 5.41) is 3.45. The first-order valence-electron chi connectivity index (χ1n) is 9.87. The first-order chi connectivity index (χ1) is 15.3. The number of nitrogens with zero attached hydrogens (tertiary/aromatic N) is 1. The molecular formula is C25H20ClFN2O3. The van der Waals surface area contributed by atoms with E-state index in [0.29, 0.717) is 22.0 Å². The Morgan fingerprint density at radius 1 is 0.969 bits per heavy atom. The van der Waals surface area contributed by atoms with Gasteiger partial charge in [0.15, 0.2) is 0 Å². The number of aryl methyl sites for hydroxylation is 2. The summed E-state index contributed by atoms with van der Waals surface area (Å²) in [6, 6.07) is 16.1. The lowest BCUT2D eigenvalue weighted by Gasteiger charge is -2.16. The highest BCUT2D eigenvalue weighted by molar-refractivity contribution is 6.46. The van der Waals surface area contributed by atoms with Gasteiger partial charge in [-0.15, -0.1) is 0 Å². The van der Waals surface area contributed by atoms with Crippen LogP contribution in [-0.2, 0) is 9.59 Å². The molecule has 3 aromatic rings. The van der Waals surface area contributed by atoms with Crippen molar-refractivity contribution in [1.29, 1.82) is 0 Å². The zero-order valence-electron chi connectivity index (χ0n) is 17.7. The third-order valence-electron chi connectivity index (χ3n) is 5.25. The average Bonchev–Trinajstić information content (AvgIpc) is 2.99. The topological polar surface area (TPSA) is 58.6 Å². The second kappa shape index (κ2) is 8.48. The molecule has 0 bridgehead atoms. The van der Waals surface area contributed by atoms with E-state index in [4.69, 9.17) is 16.3 Å². The number of benzene rings is 3. The molecule has 3 aromatic carbocycles. The fraction of sp³-hybridized carbons (Fsp3) is 0.120. The van der Waals surface area contributed by atoms with Crippen molar-refractivity contribution < 1.29 is 18.7 Å². The summed E-state index contributed by atoms with van der Waals surface area (Å²) in [4.78, 5) is 27.8. The third kappa shape index (κ3) is 3.74. The van der Waals surface area contributed by atoms with Gasteiger partial charge >= 0.3 is 0 Å². The summed E-state index contributed by atoms with van der Waals surface area (Å²) in [6.45, 7) is 3.80. The minimum Gasteiger partial charge on any atom is -0.495 e. The van der Waals surface area contributed by atoms with Crippen LogP contribution in [0.5, 0.6) is 5.75 Å². The largest absolute Gasteiger partial charge is 0.495 e. The number of hydrogen-bond donors (Lipinski definition) is 1. The van der Waals surface area contributed by atoms with Crippen LogP contribution in [0, 0.1) is 19.7 Å². The number of carbonyl (C=O) groups is 2. The van der Waals surface area contributed by atoms with Crippen LogP contribution in [0.3, 0.4) is 0 Å². The number of anilines is 2. The van der Waals surface area contributed by atoms with Crippen molar-refractivity contribution in [3.8, 4) is 5.75 Å². The monoisotopic (exact) mass is 450 g/mol. The Morgan fingerprint density at radius 3 is 2.41 bits per heavy atom. The van der Waals surface area contributed by atoms with Gasteiger partial charge in [0.25, 0.3) is 11.8 Å². The van der Waals surface area contributed by atoms with E-state index in [9.17, 15) is 14.0 Å². The number of rotatable bonds is 5. The van der Waals surface area contributed by atoms with Gasteiger partial charge in [-0.05, 0) is 55.3 Å². The van der Waals surface area contributed by atoms with E-state index in [0.717, 1.165) is 16.0 Å². The second-order valence-corrected chi connectivity index (χ2v) is 7.87. The molecule has 1 aliphatic heterocycles. The third-order valence-corrected chi connectivity index (χ3v) is 5.48. The van der Waals surface area contributed by atoms with E-state index < -0.39 is 17.6 Å². The molecule has 7 heteroatoms. The summed E-state index contributed by atoms with van der Waals surface area (Å²) in [5.74, 6) is -1.52. The quantitative estimate of drug-likeness (QED) is 0.521. The molecule has 4 rings (SSSR count). The highest BCUT2D eigenvalue weighted by Gasteiger charge is 2.42. The van der Waals surface area contributed by atoms with Gasteiger partial charge in [0.05, 0.1) is 24.1 Å². The van der Waals surface area contributed by atoms with E-state index in [1.165, 1.54) is 25.3 Å². The number of amides is 2. The van der Waals surface area contributed by atoms with Gasteiger partial charge in [-0.25, -0.2) is 9.29 Å². The van der Waals surface area contributed by atoms with Crippen LogP contribution in [0.25, 0.3) is 5.57 Å². The van der Waals surface area contributed by atoms with Crippen LogP contribution >= 0.6 is 11.6 Å². The van der Waals surface area contributed by atoms with Crippen molar-refractivity contribution in [2.45, 2.75) is 13.8 Å². The first kappa shape index (κ1) is 21.6. The molecule has 0 aliphatic carbocycles. The van der Waals surface area contributed by atoms with Crippen molar-refractivity contribution in [3.63, 3.8) is 0 Å². The normalized spacial score (nSPS) is 13.7. The molecule has 5 nitrogen and oxygen atoms in total. The molecule has 0 spiro atoms. The van der Waals surface area contributed by atoms with Crippen molar-refractivity contribution in [2.75, 3.05) is 17.3 Å². The molecule has 0 saturated carbocycles. The van der Waals surface area contributed by atoms with Crippen LogP contribution in [0.4, 0.5) is 15.8 Å². The lowest BCUT2D eigenvalue weighted by Crippen LogP contribution is -2.33. The molecular weight excluding hydrogens is 431 g/mol. The van der Waals surface area contributed by atoms with Gasteiger partial charge in [-0.3, -0.25) is 9.59 Å². The predicted octanol–water partition coefficient (Wildman–Crippen LogP) is 5.50. The smallest absolute Gasteiger partial charge is 0.282 e. The van der Waals surface area contributed by atoms with Gasteiger partial charge < -0.3 is 10.1 Å². The molecule has 0 unspecified atom stereocenters. The van der Waals surface area contributed by atoms with E-state index in [-0.39, 0.29) is 17.0 Å². The van der Waals surface area contributed by atoms with Crippen LogP contribution < -0.4 is 15.0 Å². The van der Waals surface area contributed by atoms with Gasteiger partial charge in [0, 0.05) is 5.02 Å². The summed E-state index contributed by atoms with van der Waals surface area (Å²) >= 11 is 6.14. The highest BCUT2D eigenvalue weighted by atomic mass is 35.5. The molecule has 0 atom stereocenters. The van der Waals surface area contributed by atoms with E-state index >= 15 is 0 Å². The zero-order valence-corrected chi connectivity index (χ0v) is 18.5. The summed E-state index contributed by atoms with van der Waals surface area (Å²) in [6.07, 6.45) is 0. The first-order valence-corrected chi connectivity index (χ1v) is 10.3. The van der Waals surface area contributed by atoms with Crippen molar-refractivity contribution in [2.24, 2.45) is 0 Å². The summed E-state index contributed by atoms with van der Waals surface area (Å²) in [5.41, 5.74) is 2.88. The van der Waals surface area contributed by atoms with Crippen LogP contribution in [0.1, 0.15) is 16.7 Å². The molecule has 2 amide bonds. The van der Waals surface area contributed by atoms with E-state index in [1.54, 1.807) is 30.3 Å². The Bertz CT molecular complexity index is 1290. The number of imide groups is 1. The molecule has 1 aliphatic rings. The number of ether oxygens (including phenoxy) is 1. The van der Waals surface area contributed by atoms with Gasteiger partial charge in [-0.1, -0.05) is 47.5 Å². The zero-order chi connectivity index (χ0) is 23.0. The van der Waals surface area contributed by atoms with Crippen molar-refractivity contribution in [3.05, 3.63) is 93.9 Å². The molecule has 32 heavy (non-hydrogen) atoms. The molecule has 0 radical (unpaired) electrons. The number of para-hydroxylation sites is 1. The Kier molecular flexibility index (Phi) is 5.72. The number of carbonyl (C=O) groups excluding carboxylic acids is 2. The molecule has 1 N–H and O–H groups in total. The average molecular weight is 451 g/mol. The standard InChI is InChI=1S/C25H20ClFN2O3/c1-14-8-10-17(15(2)12-14)22-23(28-19-13-16(26)9-11-21(19)32-3)25(31)29(24(22)30)20-7-5-4-6-18(20)27/h4-13,28H,1-3H3. The van der Waals surface area contributed by atoms with Crippen molar-refractivity contribution >= 4 is 40.4 Å². The van der Waals surface area contributed by atoms with Gasteiger partial charge in [-0.2, -0.15) is 0 Å². The molecule has 1 heterocycles. The lowest BCUT2D eigenvalue weighted by molar-refractivity contribution is -0.120. The molecule has 0 fully saturated rings. The number of hydrogen-bond acceptors (Lipinski definition) is 4. The van der Waals surface area contributed by atoms with Crippen LogP contribution in [0.15, 0.2) is 66.4 Å². The minimum absolute atomic E-state index is 0.0192. The Hall–Kier alpha value is -3.64. The van der Waals surface area contributed by atoms with Gasteiger partial charge in [0.2, 0.25) is 0 Å². The molecule has 162 valence electrons. The summed E-state index contributed by atoms with van der Waals surface area (Å²) in [7, 11) is 1.49. The summed E-state index contributed by atoms with van der Waals surface area (Å²) < 4.78 is 19.9. The maximum absolute atomic E-state index is 14.6. The maximum Gasteiger partial charge on any atom is 0.282 e. The van der Waals surface area contributed by atoms with Gasteiger partial charge in [0.1, 0.15) is 17.3 Å². The lowest BCUT2D eigenvalue weighted by atomic mass is 9.97. The predicted molar refractivity (Wildman–Crippen MR) is 123 cm³/mol. The molecule has 0 aromatic heterocycles. The fourth-order valence-electron chi connectivity index (χ4n) is 3.75. The fourth-order valence-corrected chi connectivity index (χ4v) is 3.93. The Labute approximate surface area is 190 Å². The minimum atomic E-state index is -0.671. The highest BCUT2D eigenvalue weighted by Crippen LogP contribution is 2.38. The number of halogens is 2. The maximum atomic E-state index is 14.6. The van der Waals surface area contributed by atoms with E-state index in [1.807, 2.05) is 26.0 Å². The van der Waals surface area contributed by atoms with Crippen molar-refractivity contribution in [1.82, 2.24) is 0 Å². The number of methoxy groups -OCH3 is 1. The second-order valence-electron chi connectivity index (χ2n) is 7.44. The SMILES string of the molecule is COc1ccc(Cl)cc1NC1=C(c2ccc(C)cc2C)C(=O)N(c2ccccc2F)C1=O. The number of nitrogens with one attached hydrogen (secondary N) is 1. The van der Waals surface area contributed by atoms with Crippen LogP contribution in [-0.4, -0.2) is 18.9 Å².